The van der Waals surface area contributed by atoms with Gasteiger partial charge in [-0.1, -0.05) is 66.7 Å². The third-order valence-corrected chi connectivity index (χ3v) is 6.29. The summed E-state index contributed by atoms with van der Waals surface area (Å²) >= 11 is 0. The second-order valence-electron chi connectivity index (χ2n) is 8.26. The Morgan fingerprint density at radius 1 is 0.455 bits per heavy atom. The van der Waals surface area contributed by atoms with E-state index < -0.39 is 0 Å². The molecule has 0 spiro atoms. The Morgan fingerprint density at radius 2 is 1.09 bits per heavy atom. The average molecular weight is 425 g/mol. The van der Waals surface area contributed by atoms with E-state index in [2.05, 4.69) is 66.0 Å². The quantitative estimate of drug-likeness (QED) is 0.307. The van der Waals surface area contributed by atoms with Gasteiger partial charge in [0.2, 0.25) is 0 Å². The van der Waals surface area contributed by atoms with Gasteiger partial charge in [-0.25, -0.2) is 0 Å². The highest BCUT2D eigenvalue weighted by Crippen LogP contribution is 2.39. The van der Waals surface area contributed by atoms with Crippen molar-refractivity contribution >= 4 is 55.3 Å². The summed E-state index contributed by atoms with van der Waals surface area (Å²) in [5.41, 5.74) is 7.85. The van der Waals surface area contributed by atoms with Gasteiger partial charge in [0, 0.05) is 27.4 Å². The smallest absolute Gasteiger partial charge is 0.137 e. The largest absolute Gasteiger partial charge is 0.456 e. The normalized spacial score (nSPS) is 11.6. The summed E-state index contributed by atoms with van der Waals surface area (Å²) < 4.78 is 12.2. The van der Waals surface area contributed by atoms with E-state index in [0.29, 0.717) is 0 Å². The average Bonchev–Trinajstić information content (AvgIpc) is 3.42. The fraction of sp³-hybridized carbons (Fsp3) is 0. The minimum Gasteiger partial charge on any atom is -0.456 e. The third kappa shape index (κ3) is 2.83. The Kier molecular flexibility index (Phi) is 3.84. The van der Waals surface area contributed by atoms with Gasteiger partial charge >= 0.3 is 0 Å². The number of anilines is 2. The summed E-state index contributed by atoms with van der Waals surface area (Å²) in [5.74, 6) is 0. The van der Waals surface area contributed by atoms with E-state index in [1.807, 2.05) is 48.5 Å². The number of fused-ring (bicyclic) bond motifs is 6. The van der Waals surface area contributed by atoms with Gasteiger partial charge in [0.15, 0.2) is 0 Å². The van der Waals surface area contributed by atoms with Gasteiger partial charge in [-0.05, 0) is 48.0 Å². The zero-order valence-corrected chi connectivity index (χ0v) is 17.7. The van der Waals surface area contributed by atoms with Gasteiger partial charge in [0.1, 0.15) is 22.3 Å². The minimum absolute atomic E-state index is 0.877. The molecule has 0 atom stereocenters. The van der Waals surface area contributed by atoms with Crippen molar-refractivity contribution in [2.75, 3.05) is 5.32 Å². The Labute approximate surface area is 189 Å². The highest BCUT2D eigenvalue weighted by atomic mass is 16.3. The van der Waals surface area contributed by atoms with Crippen LogP contribution < -0.4 is 5.32 Å². The van der Waals surface area contributed by atoms with E-state index >= 15 is 0 Å². The van der Waals surface area contributed by atoms with Crippen LogP contribution in [-0.2, 0) is 0 Å². The molecule has 0 aliphatic carbocycles. The van der Waals surface area contributed by atoms with Crippen LogP contribution in [0.25, 0.3) is 55.0 Å². The highest BCUT2D eigenvalue weighted by Gasteiger charge is 2.14. The lowest BCUT2D eigenvalue weighted by molar-refractivity contribution is 0.668. The van der Waals surface area contributed by atoms with E-state index in [-0.39, 0.29) is 0 Å². The summed E-state index contributed by atoms with van der Waals surface area (Å²) in [6, 6.07) is 37.3. The van der Waals surface area contributed by atoms with Gasteiger partial charge in [-0.2, -0.15) is 0 Å². The number of benzene rings is 5. The highest BCUT2D eigenvalue weighted by molar-refractivity contribution is 6.12. The van der Waals surface area contributed by atoms with Crippen molar-refractivity contribution in [1.29, 1.82) is 0 Å². The van der Waals surface area contributed by atoms with E-state index in [1.165, 1.54) is 0 Å². The molecule has 2 heterocycles. The Balaban J connectivity index is 1.37. The van der Waals surface area contributed by atoms with Crippen LogP contribution >= 0.6 is 0 Å². The van der Waals surface area contributed by atoms with Crippen molar-refractivity contribution in [3.05, 3.63) is 109 Å². The van der Waals surface area contributed by atoms with Crippen molar-refractivity contribution in [1.82, 2.24) is 0 Å². The molecule has 5 aromatic carbocycles. The Morgan fingerprint density at radius 3 is 2.00 bits per heavy atom. The molecule has 0 unspecified atom stereocenters. The van der Waals surface area contributed by atoms with E-state index in [0.717, 1.165) is 66.4 Å². The van der Waals surface area contributed by atoms with Gasteiger partial charge in [0.25, 0.3) is 0 Å². The molecule has 156 valence electrons. The number of rotatable bonds is 3. The van der Waals surface area contributed by atoms with Gasteiger partial charge in [-0.15, -0.1) is 0 Å². The lowest BCUT2D eigenvalue weighted by atomic mass is 10.0. The zero-order chi connectivity index (χ0) is 21.8. The fourth-order valence-electron chi connectivity index (χ4n) is 4.76. The van der Waals surface area contributed by atoms with E-state index in [9.17, 15) is 0 Å². The molecule has 7 aromatic rings. The van der Waals surface area contributed by atoms with Crippen molar-refractivity contribution in [3.63, 3.8) is 0 Å². The summed E-state index contributed by atoms with van der Waals surface area (Å²) in [4.78, 5) is 0. The molecule has 0 radical (unpaired) electrons. The summed E-state index contributed by atoms with van der Waals surface area (Å²) in [5, 5.41) is 8.15. The third-order valence-electron chi connectivity index (χ3n) is 6.29. The van der Waals surface area contributed by atoms with Gasteiger partial charge in [0.05, 0.1) is 11.1 Å². The van der Waals surface area contributed by atoms with Crippen LogP contribution in [0.3, 0.4) is 0 Å². The van der Waals surface area contributed by atoms with Crippen molar-refractivity contribution in [2.24, 2.45) is 0 Å². The van der Waals surface area contributed by atoms with Gasteiger partial charge in [-0.3, -0.25) is 0 Å². The van der Waals surface area contributed by atoms with E-state index in [1.54, 1.807) is 0 Å². The van der Waals surface area contributed by atoms with Crippen molar-refractivity contribution in [2.45, 2.75) is 0 Å². The fourth-order valence-corrected chi connectivity index (χ4v) is 4.76. The molecule has 2 aromatic heterocycles. The van der Waals surface area contributed by atoms with Crippen LogP contribution in [0.5, 0.6) is 0 Å². The van der Waals surface area contributed by atoms with Crippen LogP contribution in [0.2, 0.25) is 0 Å². The number of furan rings is 2. The molecule has 0 aliphatic heterocycles. The lowest BCUT2D eigenvalue weighted by Gasteiger charge is -2.13. The molecule has 0 amide bonds. The lowest BCUT2D eigenvalue weighted by Crippen LogP contribution is -1.94. The van der Waals surface area contributed by atoms with Crippen LogP contribution in [0.1, 0.15) is 0 Å². The maximum Gasteiger partial charge on any atom is 0.137 e. The molecule has 0 saturated heterocycles. The first-order valence-electron chi connectivity index (χ1n) is 11.0. The molecule has 0 fully saturated rings. The molecule has 0 saturated carbocycles. The number of nitrogens with one attached hydrogen (secondary N) is 1. The maximum absolute atomic E-state index is 6.14. The van der Waals surface area contributed by atoms with Crippen molar-refractivity contribution in [3.8, 4) is 11.1 Å². The van der Waals surface area contributed by atoms with Gasteiger partial charge < -0.3 is 14.2 Å². The molecular weight excluding hydrogens is 406 g/mol. The first kappa shape index (κ1) is 18.1. The molecule has 7 rings (SSSR count). The predicted octanol–water partition coefficient (Wildman–Crippen LogP) is 8.90. The second kappa shape index (κ2) is 7.01. The molecule has 3 nitrogen and oxygen atoms in total. The molecule has 0 bridgehead atoms. The predicted molar refractivity (Wildman–Crippen MR) is 136 cm³/mol. The first-order valence-corrected chi connectivity index (χ1v) is 11.0. The summed E-state index contributed by atoms with van der Waals surface area (Å²) in [7, 11) is 0. The van der Waals surface area contributed by atoms with E-state index in [4.69, 9.17) is 8.83 Å². The topological polar surface area (TPSA) is 38.3 Å². The van der Waals surface area contributed by atoms with Crippen LogP contribution in [0.4, 0.5) is 11.4 Å². The monoisotopic (exact) mass is 425 g/mol. The second-order valence-corrected chi connectivity index (χ2v) is 8.26. The molecule has 0 aliphatic rings. The van der Waals surface area contributed by atoms with Crippen LogP contribution in [-0.4, -0.2) is 0 Å². The zero-order valence-electron chi connectivity index (χ0n) is 17.7. The molecule has 3 heteroatoms. The number of hydrogen-bond acceptors (Lipinski definition) is 3. The Bertz CT molecular complexity index is 1810. The molecular formula is C30H19NO2. The van der Waals surface area contributed by atoms with Crippen LogP contribution in [0.15, 0.2) is 118 Å². The van der Waals surface area contributed by atoms with Crippen molar-refractivity contribution < 1.29 is 8.83 Å². The number of hydrogen-bond donors (Lipinski definition) is 1. The minimum atomic E-state index is 0.877. The Hall–Kier alpha value is -4.50. The first-order chi connectivity index (χ1) is 16.3. The van der Waals surface area contributed by atoms with Crippen LogP contribution in [0, 0.1) is 0 Å². The summed E-state index contributed by atoms with van der Waals surface area (Å²) in [6.45, 7) is 0. The maximum atomic E-state index is 6.14. The SMILES string of the molecule is c1ccc(-c2ccc3c(c2)oc2ccccc23)c(Nc2cccc3oc4ccccc4c23)c1. The summed E-state index contributed by atoms with van der Waals surface area (Å²) in [6.07, 6.45) is 0. The molecule has 33 heavy (non-hydrogen) atoms. The standard InChI is InChI=1S/C30H19NO2/c1-4-11-24(31-25-12-7-15-28-30(25)23-10-3-6-14-27(23)32-28)20(8-1)19-16-17-22-21-9-2-5-13-26(21)33-29(22)18-19/h1-18,31H. The number of para-hydroxylation sites is 3. The molecule has 1 N–H and O–H groups in total.